The van der Waals surface area contributed by atoms with Crippen molar-refractivity contribution < 1.29 is 33.4 Å². The Labute approximate surface area is 263 Å². The smallest absolute Gasteiger partial charge is 0.408 e. The van der Waals surface area contributed by atoms with Crippen LogP contribution in [0.3, 0.4) is 0 Å². The molecule has 2 aliphatic heterocycles. The third-order valence-corrected chi connectivity index (χ3v) is 8.69. The number of fused-ring (bicyclic) bond motifs is 3. The molecule has 2 aliphatic rings. The first-order valence-corrected chi connectivity index (χ1v) is 14.8. The summed E-state index contributed by atoms with van der Waals surface area (Å²) in [6.07, 6.45) is 0.154. The summed E-state index contributed by atoms with van der Waals surface area (Å²) in [4.78, 5) is 70.4. The van der Waals surface area contributed by atoms with Crippen molar-refractivity contribution in [2.24, 2.45) is 5.41 Å². The number of carbonyl (C=O) groups excluding carboxylic acids is 5. The Hall–Kier alpha value is -4.67. The number of carbonyl (C=O) groups is 5. The van der Waals surface area contributed by atoms with Crippen LogP contribution in [0.15, 0.2) is 61.2 Å². The van der Waals surface area contributed by atoms with E-state index < -0.39 is 58.6 Å². The average Bonchev–Trinajstić information content (AvgIpc) is 3.47. The van der Waals surface area contributed by atoms with Gasteiger partial charge in [-0.15, -0.1) is 6.58 Å². The van der Waals surface area contributed by atoms with E-state index >= 15 is 0 Å². The molecule has 2 aromatic carbocycles. The zero-order chi connectivity index (χ0) is 33.5. The summed E-state index contributed by atoms with van der Waals surface area (Å²) in [7, 11) is 1.24. The number of amides is 4. The molecule has 4 rings (SSSR count). The summed E-state index contributed by atoms with van der Waals surface area (Å²) in [5, 5.41) is 5.43. The Morgan fingerprint density at radius 1 is 1.02 bits per heavy atom. The first kappa shape index (κ1) is 33.2. The number of rotatable bonds is 7. The van der Waals surface area contributed by atoms with Crippen molar-refractivity contribution in [2.75, 3.05) is 17.3 Å². The van der Waals surface area contributed by atoms with E-state index in [0.29, 0.717) is 5.69 Å². The van der Waals surface area contributed by atoms with Crippen LogP contribution >= 0.6 is 0 Å². The summed E-state index contributed by atoms with van der Waals surface area (Å²) in [5.41, 5.74) is -0.742. The summed E-state index contributed by atoms with van der Waals surface area (Å²) >= 11 is 0. The monoisotopic (exact) mass is 618 g/mol. The van der Waals surface area contributed by atoms with Crippen LogP contribution in [-0.2, 0) is 29.3 Å². The average molecular weight is 619 g/mol. The highest BCUT2D eigenvalue weighted by Crippen LogP contribution is 2.62. The number of para-hydroxylation sites is 2. The molecule has 4 atom stereocenters. The number of nitrogens with zero attached hydrogens (tertiary/aromatic N) is 2. The number of alkyl carbamates (subject to hydrolysis) is 1. The molecular formula is C34H42N4O7. The molecule has 11 heteroatoms. The van der Waals surface area contributed by atoms with Crippen LogP contribution in [0.2, 0.25) is 0 Å². The van der Waals surface area contributed by atoms with Gasteiger partial charge in [-0.3, -0.25) is 19.3 Å². The lowest BCUT2D eigenvalue weighted by molar-refractivity contribution is -0.141. The maximum absolute atomic E-state index is 14.5. The standard InChI is InChI=1S/C34H42N4O7/c1-10-33(7,8)34-19-26(27(40)36-24-17-13-11-15-22(24)29(42)44-9)38(28(41)20(2)35-31(43)45-32(4,5)6)30(34)37(21(3)39)25-18-14-12-16-23(25)34/h10-18,20,26,30H,1,19H2,2-9H3,(H,35,43)(H,36,40)/t20-,26-,30+,34-/m1/s1. The van der Waals surface area contributed by atoms with Gasteiger partial charge in [0.05, 0.1) is 18.4 Å². The molecule has 0 bridgehead atoms. The van der Waals surface area contributed by atoms with E-state index in [1.807, 2.05) is 38.1 Å². The van der Waals surface area contributed by atoms with Gasteiger partial charge in [0, 0.05) is 18.0 Å². The van der Waals surface area contributed by atoms with Crippen molar-refractivity contribution >= 4 is 41.2 Å². The molecule has 2 aromatic rings. The maximum atomic E-state index is 14.5. The van der Waals surface area contributed by atoms with Crippen molar-refractivity contribution in [1.29, 1.82) is 0 Å². The van der Waals surface area contributed by atoms with Crippen molar-refractivity contribution in [3.63, 3.8) is 0 Å². The summed E-state index contributed by atoms with van der Waals surface area (Å²) < 4.78 is 10.3. The van der Waals surface area contributed by atoms with Crippen LogP contribution in [0.1, 0.15) is 70.8 Å². The first-order chi connectivity index (χ1) is 21.0. The zero-order valence-electron chi connectivity index (χ0n) is 27.1. The third kappa shape index (κ3) is 5.79. The van der Waals surface area contributed by atoms with E-state index in [4.69, 9.17) is 9.47 Å². The highest BCUT2D eigenvalue weighted by Gasteiger charge is 2.68. The molecule has 4 amide bonds. The fourth-order valence-corrected chi connectivity index (χ4v) is 6.53. The number of nitrogens with one attached hydrogen (secondary N) is 2. The predicted molar refractivity (Wildman–Crippen MR) is 170 cm³/mol. The molecular weight excluding hydrogens is 576 g/mol. The number of hydrogen-bond donors (Lipinski definition) is 2. The highest BCUT2D eigenvalue weighted by molar-refractivity contribution is 6.05. The second-order valence-electron chi connectivity index (χ2n) is 13.0. The molecule has 0 saturated carbocycles. The van der Waals surface area contributed by atoms with Crippen molar-refractivity contribution in [3.8, 4) is 0 Å². The quantitative estimate of drug-likeness (QED) is 0.337. The van der Waals surface area contributed by atoms with E-state index in [1.165, 1.54) is 31.9 Å². The number of benzene rings is 2. The second kappa shape index (κ2) is 12.0. The molecule has 0 aliphatic carbocycles. The highest BCUT2D eigenvalue weighted by atomic mass is 16.6. The van der Waals surface area contributed by atoms with E-state index in [1.54, 1.807) is 49.9 Å². The first-order valence-electron chi connectivity index (χ1n) is 14.8. The van der Waals surface area contributed by atoms with Crippen LogP contribution < -0.4 is 15.5 Å². The number of ether oxygens (including phenoxy) is 2. The molecule has 1 fully saturated rings. The van der Waals surface area contributed by atoms with Crippen LogP contribution in [0, 0.1) is 5.41 Å². The number of esters is 1. The van der Waals surface area contributed by atoms with E-state index in [0.717, 1.165) is 5.56 Å². The molecule has 2 N–H and O–H groups in total. The molecule has 45 heavy (non-hydrogen) atoms. The lowest BCUT2D eigenvalue weighted by atomic mass is 9.60. The van der Waals surface area contributed by atoms with Crippen molar-refractivity contribution in [3.05, 3.63) is 72.3 Å². The van der Waals surface area contributed by atoms with Crippen LogP contribution in [0.4, 0.5) is 16.2 Å². The van der Waals surface area contributed by atoms with E-state index in [2.05, 4.69) is 17.2 Å². The van der Waals surface area contributed by atoms with Gasteiger partial charge in [0.1, 0.15) is 23.9 Å². The van der Waals surface area contributed by atoms with Gasteiger partial charge in [-0.25, -0.2) is 9.59 Å². The van der Waals surface area contributed by atoms with Gasteiger partial charge in [0.25, 0.3) is 0 Å². The fourth-order valence-electron chi connectivity index (χ4n) is 6.53. The SMILES string of the molecule is C=CC(C)(C)[C@@]12C[C@H](C(=O)Nc3ccccc3C(=O)OC)N(C(=O)[C@@H](C)NC(=O)OC(C)(C)C)[C@@H]1N(C(C)=O)c1ccccc12. The molecule has 0 aromatic heterocycles. The predicted octanol–water partition coefficient (Wildman–Crippen LogP) is 4.77. The summed E-state index contributed by atoms with van der Waals surface area (Å²) in [6.45, 7) is 16.1. The summed E-state index contributed by atoms with van der Waals surface area (Å²) in [5.74, 6) is -2.12. The number of likely N-dealkylation sites (tertiary alicyclic amines) is 1. The summed E-state index contributed by atoms with van der Waals surface area (Å²) in [6, 6.07) is 11.6. The largest absolute Gasteiger partial charge is 0.465 e. The minimum atomic E-state index is -1.13. The Morgan fingerprint density at radius 3 is 2.24 bits per heavy atom. The van der Waals surface area contributed by atoms with E-state index in [-0.39, 0.29) is 23.6 Å². The lowest BCUT2D eigenvalue weighted by Crippen LogP contribution is -2.61. The van der Waals surface area contributed by atoms with Gasteiger partial charge >= 0.3 is 12.1 Å². The van der Waals surface area contributed by atoms with Gasteiger partial charge in [-0.05, 0) is 63.3 Å². The molecule has 240 valence electrons. The number of anilines is 2. The Balaban J connectivity index is 1.88. The molecule has 0 radical (unpaired) electrons. The third-order valence-electron chi connectivity index (χ3n) is 8.69. The molecule has 1 saturated heterocycles. The van der Waals surface area contributed by atoms with Crippen LogP contribution in [0.5, 0.6) is 0 Å². The second-order valence-corrected chi connectivity index (χ2v) is 13.0. The molecule has 0 spiro atoms. The van der Waals surface area contributed by atoms with Crippen molar-refractivity contribution in [1.82, 2.24) is 10.2 Å². The van der Waals surface area contributed by atoms with Crippen LogP contribution in [-0.4, -0.2) is 65.6 Å². The normalized spacial score (nSPS) is 21.2. The molecule has 2 heterocycles. The Bertz CT molecular complexity index is 1540. The van der Waals surface area contributed by atoms with Gasteiger partial charge in [-0.1, -0.05) is 50.3 Å². The van der Waals surface area contributed by atoms with Gasteiger partial charge in [0.15, 0.2) is 0 Å². The molecule has 11 nitrogen and oxygen atoms in total. The minimum absolute atomic E-state index is 0.120. The van der Waals surface area contributed by atoms with Gasteiger partial charge in [-0.2, -0.15) is 0 Å². The molecule has 0 unspecified atom stereocenters. The number of methoxy groups -OCH3 is 1. The Kier molecular flexibility index (Phi) is 8.88. The number of allylic oxidation sites excluding steroid dienone is 1. The van der Waals surface area contributed by atoms with E-state index in [9.17, 15) is 24.0 Å². The topological polar surface area (TPSA) is 134 Å². The van der Waals surface area contributed by atoms with Crippen LogP contribution in [0.25, 0.3) is 0 Å². The van der Waals surface area contributed by atoms with Crippen molar-refractivity contribution in [2.45, 2.75) is 84.2 Å². The zero-order valence-corrected chi connectivity index (χ0v) is 27.1. The Morgan fingerprint density at radius 2 is 1.64 bits per heavy atom. The minimum Gasteiger partial charge on any atom is -0.465 e. The lowest BCUT2D eigenvalue weighted by Gasteiger charge is -2.45. The van der Waals surface area contributed by atoms with Gasteiger partial charge < -0.3 is 25.0 Å². The fraction of sp³-hybridized carbons (Fsp3) is 0.441. The number of hydrogen-bond acceptors (Lipinski definition) is 7. The maximum Gasteiger partial charge on any atom is 0.408 e. The van der Waals surface area contributed by atoms with Gasteiger partial charge in [0.2, 0.25) is 17.7 Å².